The number of pyridine rings is 1. The standard InChI is InChI=1S/C12H15N5S/c1-8-6-9(2)16-12(15-8)18-7-10-4-3-5-14-11(10)17-13/h3-6H,7,13H2,1-2H3,(H,14,17). The van der Waals surface area contributed by atoms with E-state index in [-0.39, 0.29) is 0 Å². The highest BCUT2D eigenvalue weighted by molar-refractivity contribution is 7.98. The van der Waals surface area contributed by atoms with Crippen LogP contribution in [-0.2, 0) is 5.75 Å². The number of thioether (sulfide) groups is 1. The zero-order valence-corrected chi connectivity index (χ0v) is 11.2. The molecule has 0 aliphatic rings. The van der Waals surface area contributed by atoms with Gasteiger partial charge in [-0.3, -0.25) is 0 Å². The minimum atomic E-state index is 0.689. The summed E-state index contributed by atoms with van der Waals surface area (Å²) >= 11 is 1.57. The van der Waals surface area contributed by atoms with Crippen LogP contribution in [-0.4, -0.2) is 15.0 Å². The van der Waals surface area contributed by atoms with Crippen LogP contribution in [0.25, 0.3) is 0 Å². The summed E-state index contributed by atoms with van der Waals surface area (Å²) in [6.07, 6.45) is 1.71. The Kier molecular flexibility index (Phi) is 4.11. The van der Waals surface area contributed by atoms with Gasteiger partial charge in [0.15, 0.2) is 5.16 Å². The Morgan fingerprint density at radius 3 is 2.67 bits per heavy atom. The van der Waals surface area contributed by atoms with Gasteiger partial charge >= 0.3 is 0 Å². The van der Waals surface area contributed by atoms with Crippen LogP contribution in [0.2, 0.25) is 0 Å². The largest absolute Gasteiger partial charge is 0.308 e. The fraction of sp³-hybridized carbons (Fsp3) is 0.250. The second-order valence-corrected chi connectivity index (χ2v) is 4.82. The van der Waals surface area contributed by atoms with E-state index in [1.165, 1.54) is 0 Å². The summed E-state index contributed by atoms with van der Waals surface area (Å²) < 4.78 is 0. The molecule has 0 saturated carbocycles. The summed E-state index contributed by atoms with van der Waals surface area (Å²) in [6.45, 7) is 3.94. The van der Waals surface area contributed by atoms with Gasteiger partial charge in [-0.05, 0) is 26.0 Å². The summed E-state index contributed by atoms with van der Waals surface area (Å²) in [5.74, 6) is 6.84. The van der Waals surface area contributed by atoms with Crippen molar-refractivity contribution in [3.05, 3.63) is 41.3 Å². The maximum atomic E-state index is 5.41. The first-order chi connectivity index (χ1) is 8.69. The number of anilines is 1. The van der Waals surface area contributed by atoms with E-state index in [1.54, 1.807) is 18.0 Å². The van der Waals surface area contributed by atoms with Gasteiger partial charge in [0.25, 0.3) is 0 Å². The van der Waals surface area contributed by atoms with Gasteiger partial charge in [0.2, 0.25) is 0 Å². The van der Waals surface area contributed by atoms with E-state index in [0.717, 1.165) is 27.9 Å². The Balaban J connectivity index is 2.11. The zero-order valence-electron chi connectivity index (χ0n) is 10.3. The van der Waals surface area contributed by atoms with Gasteiger partial charge in [-0.15, -0.1) is 0 Å². The van der Waals surface area contributed by atoms with E-state index < -0.39 is 0 Å². The molecule has 0 bridgehead atoms. The lowest BCUT2D eigenvalue weighted by molar-refractivity contribution is 0.901. The van der Waals surface area contributed by atoms with Crippen LogP contribution in [0.4, 0.5) is 5.82 Å². The molecule has 0 atom stereocenters. The highest BCUT2D eigenvalue weighted by Gasteiger charge is 2.05. The quantitative estimate of drug-likeness (QED) is 0.380. The first kappa shape index (κ1) is 12.8. The molecule has 2 heterocycles. The molecular formula is C12H15N5S. The highest BCUT2D eigenvalue weighted by atomic mass is 32.2. The highest BCUT2D eigenvalue weighted by Crippen LogP contribution is 2.22. The van der Waals surface area contributed by atoms with E-state index in [2.05, 4.69) is 20.4 Å². The molecule has 0 spiro atoms. The van der Waals surface area contributed by atoms with Crippen LogP contribution in [0.1, 0.15) is 17.0 Å². The number of nitrogens with zero attached hydrogens (tertiary/aromatic N) is 3. The number of aryl methyl sites for hydroxylation is 2. The molecule has 3 N–H and O–H groups in total. The Bertz CT molecular complexity index is 523. The molecule has 0 fully saturated rings. The summed E-state index contributed by atoms with van der Waals surface area (Å²) in [7, 11) is 0. The molecule has 0 amide bonds. The van der Waals surface area contributed by atoms with Gasteiger partial charge in [0.05, 0.1) is 0 Å². The molecule has 5 nitrogen and oxygen atoms in total. The summed E-state index contributed by atoms with van der Waals surface area (Å²) in [4.78, 5) is 12.9. The molecule has 18 heavy (non-hydrogen) atoms. The minimum absolute atomic E-state index is 0.689. The van der Waals surface area contributed by atoms with Crippen LogP contribution >= 0.6 is 11.8 Å². The van der Waals surface area contributed by atoms with Crippen molar-refractivity contribution in [1.82, 2.24) is 15.0 Å². The number of aromatic nitrogens is 3. The number of hydrazine groups is 1. The second-order valence-electron chi connectivity index (χ2n) is 3.88. The van der Waals surface area contributed by atoms with Crippen molar-refractivity contribution >= 4 is 17.6 Å². The number of nitrogens with two attached hydrogens (primary N) is 1. The molecule has 2 rings (SSSR count). The Morgan fingerprint density at radius 2 is 2.00 bits per heavy atom. The first-order valence-corrected chi connectivity index (χ1v) is 6.53. The summed E-state index contributed by atoms with van der Waals surface area (Å²) in [5.41, 5.74) is 5.58. The Hall–Kier alpha value is -1.66. The molecule has 6 heteroatoms. The van der Waals surface area contributed by atoms with Crippen molar-refractivity contribution in [2.24, 2.45) is 5.84 Å². The molecular weight excluding hydrogens is 246 g/mol. The third kappa shape index (κ3) is 3.18. The van der Waals surface area contributed by atoms with Crippen LogP contribution < -0.4 is 11.3 Å². The van der Waals surface area contributed by atoms with Gasteiger partial charge in [-0.25, -0.2) is 20.8 Å². The molecule has 0 radical (unpaired) electrons. The van der Waals surface area contributed by atoms with Crippen LogP contribution in [0.3, 0.4) is 0 Å². The summed E-state index contributed by atoms with van der Waals surface area (Å²) in [6, 6.07) is 5.83. The Morgan fingerprint density at radius 1 is 1.28 bits per heavy atom. The van der Waals surface area contributed by atoms with Gasteiger partial charge < -0.3 is 5.43 Å². The Labute approximate surface area is 110 Å². The van der Waals surface area contributed by atoms with E-state index in [4.69, 9.17) is 5.84 Å². The minimum Gasteiger partial charge on any atom is -0.308 e. The van der Waals surface area contributed by atoms with Gasteiger partial charge in [-0.2, -0.15) is 0 Å². The normalized spacial score (nSPS) is 10.4. The number of hydrogen-bond donors (Lipinski definition) is 2. The van der Waals surface area contributed by atoms with Crippen molar-refractivity contribution in [3.63, 3.8) is 0 Å². The van der Waals surface area contributed by atoms with Gasteiger partial charge in [0.1, 0.15) is 5.82 Å². The van der Waals surface area contributed by atoms with E-state index in [9.17, 15) is 0 Å². The van der Waals surface area contributed by atoms with E-state index in [0.29, 0.717) is 5.82 Å². The monoisotopic (exact) mass is 261 g/mol. The average Bonchev–Trinajstić information content (AvgIpc) is 2.35. The molecule has 0 aliphatic carbocycles. The van der Waals surface area contributed by atoms with Crippen LogP contribution in [0, 0.1) is 13.8 Å². The van der Waals surface area contributed by atoms with Crippen molar-refractivity contribution in [3.8, 4) is 0 Å². The molecule has 0 aliphatic heterocycles. The number of nitrogens with one attached hydrogen (secondary N) is 1. The second kappa shape index (κ2) is 5.79. The maximum absolute atomic E-state index is 5.41. The molecule has 94 valence electrons. The topological polar surface area (TPSA) is 76.7 Å². The lowest BCUT2D eigenvalue weighted by Crippen LogP contribution is -2.10. The van der Waals surface area contributed by atoms with Crippen molar-refractivity contribution < 1.29 is 0 Å². The third-order valence-corrected chi connectivity index (χ3v) is 3.24. The number of hydrogen-bond acceptors (Lipinski definition) is 6. The molecule has 0 aromatic carbocycles. The predicted octanol–water partition coefficient (Wildman–Crippen LogP) is 2.07. The number of rotatable bonds is 4. The van der Waals surface area contributed by atoms with Gasteiger partial charge in [-0.1, -0.05) is 17.8 Å². The first-order valence-electron chi connectivity index (χ1n) is 5.54. The van der Waals surface area contributed by atoms with E-state index in [1.807, 2.05) is 32.0 Å². The molecule has 0 unspecified atom stereocenters. The number of nitrogen functional groups attached to an aromatic ring is 1. The fourth-order valence-electron chi connectivity index (χ4n) is 1.59. The summed E-state index contributed by atoms with van der Waals surface area (Å²) in [5, 5.41) is 0.777. The SMILES string of the molecule is Cc1cc(C)nc(SCc2cccnc2NN)n1. The molecule has 2 aromatic heterocycles. The molecule has 0 saturated heterocycles. The third-order valence-electron chi connectivity index (χ3n) is 2.35. The van der Waals surface area contributed by atoms with Crippen molar-refractivity contribution in [2.75, 3.05) is 5.43 Å². The smallest absolute Gasteiger partial charge is 0.188 e. The average molecular weight is 261 g/mol. The zero-order chi connectivity index (χ0) is 13.0. The van der Waals surface area contributed by atoms with Crippen molar-refractivity contribution in [1.29, 1.82) is 0 Å². The fourth-order valence-corrected chi connectivity index (χ4v) is 2.52. The molecule has 2 aromatic rings. The maximum Gasteiger partial charge on any atom is 0.188 e. The van der Waals surface area contributed by atoms with Crippen molar-refractivity contribution in [2.45, 2.75) is 24.8 Å². The lowest BCUT2D eigenvalue weighted by atomic mass is 10.3. The van der Waals surface area contributed by atoms with Crippen LogP contribution in [0.5, 0.6) is 0 Å². The van der Waals surface area contributed by atoms with Crippen LogP contribution in [0.15, 0.2) is 29.6 Å². The lowest BCUT2D eigenvalue weighted by Gasteiger charge is -2.07. The predicted molar refractivity (Wildman–Crippen MR) is 73.1 cm³/mol. The van der Waals surface area contributed by atoms with Gasteiger partial charge in [0, 0.05) is 28.9 Å². The van der Waals surface area contributed by atoms with E-state index >= 15 is 0 Å².